The van der Waals surface area contributed by atoms with Crippen molar-refractivity contribution in [2.75, 3.05) is 11.9 Å². The Kier molecular flexibility index (Phi) is 6.83. The van der Waals surface area contributed by atoms with Crippen LogP contribution in [0.3, 0.4) is 0 Å². The third kappa shape index (κ3) is 5.10. The fourth-order valence-corrected chi connectivity index (χ4v) is 7.07. The molecule has 2 fully saturated rings. The first-order valence-corrected chi connectivity index (χ1v) is 15.3. The van der Waals surface area contributed by atoms with Crippen molar-refractivity contribution in [3.63, 3.8) is 0 Å². The van der Waals surface area contributed by atoms with Crippen molar-refractivity contribution >= 4 is 23.1 Å². The summed E-state index contributed by atoms with van der Waals surface area (Å²) in [4.78, 5) is 33.2. The normalized spacial score (nSPS) is 21.9. The summed E-state index contributed by atoms with van der Waals surface area (Å²) >= 11 is 0. The number of aromatic nitrogens is 2. The van der Waals surface area contributed by atoms with Gasteiger partial charge in [0.05, 0.1) is 17.3 Å². The minimum Gasteiger partial charge on any atom is -0.331 e. The van der Waals surface area contributed by atoms with E-state index in [9.17, 15) is 9.59 Å². The average Bonchev–Trinajstić information content (AvgIpc) is 3.61. The number of hydrogen-bond acceptors (Lipinski definition) is 3. The molecule has 3 aliphatic rings. The van der Waals surface area contributed by atoms with E-state index < -0.39 is 5.82 Å². The van der Waals surface area contributed by atoms with Crippen molar-refractivity contribution in [3.8, 4) is 11.3 Å². The van der Waals surface area contributed by atoms with E-state index in [0.29, 0.717) is 53.2 Å². The standard InChI is InChI=1S/C35H37FN4O2/c1-21-7-8-23(15-21)16-33(41)37-27-11-12-29(31(36)18-27)32-20-39-19-26(17-30(25-9-10-25)34(39)38-32)35(42)40-14-13-24-5-3-4-6-28(24)22(40)2/h3-6,11-12,17-23,25H,7-10,13-16H2,1-2H3,(H,37,41)/t21-,22+,23?/m0/s1. The maximum absolute atomic E-state index is 15.4. The molecule has 7 rings (SSSR count). The monoisotopic (exact) mass is 564 g/mol. The number of rotatable bonds is 6. The molecule has 42 heavy (non-hydrogen) atoms. The highest BCUT2D eigenvalue weighted by Gasteiger charge is 2.32. The smallest absolute Gasteiger partial charge is 0.255 e. The summed E-state index contributed by atoms with van der Waals surface area (Å²) in [7, 11) is 0. The maximum Gasteiger partial charge on any atom is 0.255 e. The molecule has 0 spiro atoms. The van der Waals surface area contributed by atoms with E-state index in [2.05, 4.69) is 37.4 Å². The third-order valence-corrected chi connectivity index (χ3v) is 9.51. The molecule has 2 aromatic carbocycles. The van der Waals surface area contributed by atoms with Crippen molar-refractivity contribution in [2.45, 2.75) is 70.8 Å². The SMILES string of the molecule is C[C@H]1CCC(CC(=O)Nc2ccc(-c3cn4cc(C(=O)N5CCc6ccccc6[C@H]5C)cc(C5CC5)c4n3)c(F)c2)C1. The lowest BCUT2D eigenvalue weighted by atomic mass is 9.93. The van der Waals surface area contributed by atoms with Crippen molar-refractivity contribution in [1.82, 2.24) is 14.3 Å². The molecule has 0 radical (unpaired) electrons. The van der Waals surface area contributed by atoms with Crippen LogP contribution in [0.1, 0.15) is 91.4 Å². The fraction of sp³-hybridized carbons (Fsp3) is 0.400. The number of nitrogens with zero attached hydrogens (tertiary/aromatic N) is 3. The molecular formula is C35H37FN4O2. The topological polar surface area (TPSA) is 66.7 Å². The molecule has 2 aliphatic carbocycles. The van der Waals surface area contributed by atoms with Crippen molar-refractivity contribution < 1.29 is 14.0 Å². The van der Waals surface area contributed by atoms with Gasteiger partial charge in [-0.25, -0.2) is 9.37 Å². The van der Waals surface area contributed by atoms with E-state index in [-0.39, 0.29) is 17.9 Å². The molecule has 3 heterocycles. The molecule has 0 bridgehead atoms. The number of carbonyl (C=O) groups is 2. The van der Waals surface area contributed by atoms with Gasteiger partial charge in [-0.2, -0.15) is 0 Å². The van der Waals surface area contributed by atoms with Gasteiger partial charge < -0.3 is 14.6 Å². The molecule has 7 heteroatoms. The molecule has 2 saturated carbocycles. The van der Waals surface area contributed by atoms with Gasteiger partial charge in [0.1, 0.15) is 11.5 Å². The van der Waals surface area contributed by atoms with E-state index in [1.807, 2.05) is 33.8 Å². The van der Waals surface area contributed by atoms with Gasteiger partial charge in [-0.15, -0.1) is 0 Å². The number of imidazole rings is 1. The largest absolute Gasteiger partial charge is 0.331 e. The Labute approximate surface area is 246 Å². The van der Waals surface area contributed by atoms with Crippen LogP contribution in [0.2, 0.25) is 0 Å². The lowest BCUT2D eigenvalue weighted by molar-refractivity contribution is -0.117. The number of pyridine rings is 1. The third-order valence-electron chi connectivity index (χ3n) is 9.51. The molecule has 1 unspecified atom stereocenters. The molecular weight excluding hydrogens is 527 g/mol. The second kappa shape index (κ2) is 10.7. The number of benzene rings is 2. The Morgan fingerprint density at radius 1 is 1.00 bits per heavy atom. The van der Waals surface area contributed by atoms with Gasteiger partial charge in [-0.3, -0.25) is 9.59 Å². The van der Waals surface area contributed by atoms with Crippen LogP contribution in [-0.4, -0.2) is 32.6 Å². The quantitative estimate of drug-likeness (QED) is 0.263. The van der Waals surface area contributed by atoms with Crippen molar-refractivity contribution in [3.05, 3.63) is 89.0 Å². The van der Waals surface area contributed by atoms with E-state index in [0.717, 1.165) is 43.3 Å². The minimum absolute atomic E-state index is 0.00398. The predicted octanol–water partition coefficient (Wildman–Crippen LogP) is 7.54. The molecule has 6 nitrogen and oxygen atoms in total. The lowest BCUT2D eigenvalue weighted by Gasteiger charge is -2.35. The Morgan fingerprint density at radius 3 is 2.60 bits per heavy atom. The summed E-state index contributed by atoms with van der Waals surface area (Å²) in [5.74, 6) is 0.955. The van der Waals surface area contributed by atoms with E-state index in [1.54, 1.807) is 12.1 Å². The number of anilines is 1. The Bertz CT molecular complexity index is 1690. The first kappa shape index (κ1) is 26.9. The molecule has 3 atom stereocenters. The van der Waals surface area contributed by atoms with E-state index in [1.165, 1.54) is 23.6 Å². The lowest BCUT2D eigenvalue weighted by Crippen LogP contribution is -2.39. The van der Waals surface area contributed by atoms with Crippen LogP contribution in [0.15, 0.2) is 60.9 Å². The first-order valence-electron chi connectivity index (χ1n) is 15.3. The summed E-state index contributed by atoms with van der Waals surface area (Å²) < 4.78 is 17.3. The number of amides is 2. The maximum atomic E-state index is 15.4. The number of carbonyl (C=O) groups excluding carboxylic acids is 2. The highest BCUT2D eigenvalue weighted by atomic mass is 19.1. The summed E-state index contributed by atoms with van der Waals surface area (Å²) in [6.07, 6.45) is 10.4. The van der Waals surface area contributed by atoms with Crippen LogP contribution in [0, 0.1) is 17.7 Å². The van der Waals surface area contributed by atoms with Crippen LogP contribution in [0.25, 0.3) is 16.9 Å². The van der Waals surface area contributed by atoms with Gasteiger partial charge in [0.25, 0.3) is 5.91 Å². The Hall–Kier alpha value is -4.00. The number of fused-ring (bicyclic) bond motifs is 2. The molecule has 2 aromatic heterocycles. The number of nitrogens with one attached hydrogen (secondary N) is 1. The highest BCUT2D eigenvalue weighted by Crippen LogP contribution is 2.43. The molecule has 216 valence electrons. The highest BCUT2D eigenvalue weighted by molar-refractivity contribution is 5.95. The van der Waals surface area contributed by atoms with Crippen LogP contribution in [0.4, 0.5) is 10.1 Å². The second-order valence-corrected chi connectivity index (χ2v) is 12.7. The molecule has 1 aliphatic heterocycles. The van der Waals surface area contributed by atoms with Gasteiger partial charge in [0.2, 0.25) is 5.91 Å². The van der Waals surface area contributed by atoms with E-state index >= 15 is 4.39 Å². The molecule has 4 aromatic rings. The fourth-order valence-electron chi connectivity index (χ4n) is 7.07. The van der Waals surface area contributed by atoms with Gasteiger partial charge in [0.15, 0.2) is 0 Å². The predicted molar refractivity (Wildman–Crippen MR) is 162 cm³/mol. The van der Waals surface area contributed by atoms with Crippen LogP contribution in [-0.2, 0) is 11.2 Å². The zero-order valence-corrected chi connectivity index (χ0v) is 24.3. The number of halogens is 1. The second-order valence-electron chi connectivity index (χ2n) is 12.7. The molecule has 0 saturated heterocycles. The van der Waals surface area contributed by atoms with Crippen LogP contribution in [0.5, 0.6) is 0 Å². The average molecular weight is 565 g/mol. The van der Waals surface area contributed by atoms with Crippen LogP contribution >= 0.6 is 0 Å². The van der Waals surface area contributed by atoms with Crippen molar-refractivity contribution in [1.29, 1.82) is 0 Å². The van der Waals surface area contributed by atoms with Gasteiger partial charge in [-0.1, -0.05) is 37.6 Å². The zero-order valence-electron chi connectivity index (χ0n) is 24.3. The van der Waals surface area contributed by atoms with Gasteiger partial charge in [0, 0.05) is 36.6 Å². The van der Waals surface area contributed by atoms with Crippen molar-refractivity contribution in [2.24, 2.45) is 11.8 Å². The van der Waals surface area contributed by atoms with Gasteiger partial charge in [-0.05, 0) is 97.7 Å². The van der Waals surface area contributed by atoms with Crippen LogP contribution < -0.4 is 5.32 Å². The summed E-state index contributed by atoms with van der Waals surface area (Å²) in [6.45, 7) is 5.00. The van der Waals surface area contributed by atoms with E-state index in [4.69, 9.17) is 4.98 Å². The first-order chi connectivity index (χ1) is 20.3. The summed E-state index contributed by atoms with van der Waals surface area (Å²) in [5.41, 5.74) is 6.29. The number of hydrogen-bond donors (Lipinski definition) is 1. The minimum atomic E-state index is -0.434. The summed E-state index contributed by atoms with van der Waals surface area (Å²) in [6, 6.07) is 15.1. The Morgan fingerprint density at radius 2 is 1.83 bits per heavy atom. The van der Waals surface area contributed by atoms with Gasteiger partial charge >= 0.3 is 0 Å². The summed E-state index contributed by atoms with van der Waals surface area (Å²) in [5, 5.41) is 2.88. The molecule has 1 N–H and O–H groups in total. The molecule has 2 amide bonds. The zero-order chi connectivity index (χ0) is 29.0. The Balaban J connectivity index is 1.14.